The summed E-state index contributed by atoms with van der Waals surface area (Å²) in [5.41, 5.74) is 5.35. The average molecular weight is 435 g/mol. The zero-order valence-corrected chi connectivity index (χ0v) is 19.1. The number of benzene rings is 3. The highest BCUT2D eigenvalue weighted by Crippen LogP contribution is 2.25. The fourth-order valence-corrected chi connectivity index (χ4v) is 3.65. The highest BCUT2D eigenvalue weighted by Gasteiger charge is 2.07. The Balaban J connectivity index is 1.68. The molecule has 0 saturated carbocycles. The highest BCUT2D eigenvalue weighted by molar-refractivity contribution is 5.89. The summed E-state index contributed by atoms with van der Waals surface area (Å²) in [6.45, 7) is 0. The van der Waals surface area contributed by atoms with Crippen molar-refractivity contribution in [3.8, 4) is 17.2 Å². The molecule has 5 heteroatoms. The Morgan fingerprint density at radius 3 is 1.41 bits per heavy atom. The lowest BCUT2D eigenvalue weighted by molar-refractivity contribution is 0.0600. The third-order valence-electron chi connectivity index (χ3n) is 5.45. The second-order valence-electron chi connectivity index (χ2n) is 7.60. The predicted octanol–water partition coefficient (Wildman–Crippen LogP) is 5.07. The molecule has 0 aliphatic heterocycles. The van der Waals surface area contributed by atoms with Gasteiger partial charge in [-0.15, -0.1) is 0 Å². The van der Waals surface area contributed by atoms with Crippen LogP contribution < -0.4 is 14.2 Å². The number of aryl methyl sites for hydroxylation is 4. The number of ether oxygens (including phenoxy) is 4. The number of hydrogen-bond donors (Lipinski definition) is 0. The van der Waals surface area contributed by atoms with E-state index in [4.69, 9.17) is 18.9 Å². The van der Waals surface area contributed by atoms with E-state index in [1.165, 1.54) is 23.8 Å². The van der Waals surface area contributed by atoms with Gasteiger partial charge in [0.15, 0.2) is 0 Å². The monoisotopic (exact) mass is 434 g/mol. The maximum Gasteiger partial charge on any atom is 0.337 e. The molecule has 0 aliphatic rings. The van der Waals surface area contributed by atoms with Crippen molar-refractivity contribution in [1.82, 2.24) is 0 Å². The van der Waals surface area contributed by atoms with Crippen LogP contribution >= 0.6 is 0 Å². The first kappa shape index (κ1) is 23.2. The van der Waals surface area contributed by atoms with Crippen LogP contribution in [0.15, 0.2) is 60.7 Å². The Bertz CT molecular complexity index is 1020. The third kappa shape index (κ3) is 6.27. The highest BCUT2D eigenvalue weighted by atomic mass is 16.5. The lowest BCUT2D eigenvalue weighted by Gasteiger charge is -2.11. The van der Waals surface area contributed by atoms with E-state index in [2.05, 4.69) is 18.2 Å². The first-order valence-electron chi connectivity index (χ1n) is 10.6. The molecule has 0 aromatic heterocycles. The lowest BCUT2D eigenvalue weighted by atomic mass is 9.98. The van der Waals surface area contributed by atoms with Gasteiger partial charge < -0.3 is 18.9 Å². The minimum Gasteiger partial charge on any atom is -0.497 e. The van der Waals surface area contributed by atoms with Gasteiger partial charge in [-0.2, -0.15) is 0 Å². The van der Waals surface area contributed by atoms with Gasteiger partial charge in [-0.05, 0) is 84.3 Å². The number of esters is 1. The summed E-state index contributed by atoms with van der Waals surface area (Å²) >= 11 is 0. The molecule has 0 radical (unpaired) electrons. The van der Waals surface area contributed by atoms with Crippen molar-refractivity contribution in [2.45, 2.75) is 25.7 Å². The van der Waals surface area contributed by atoms with Gasteiger partial charge >= 0.3 is 5.97 Å². The predicted molar refractivity (Wildman–Crippen MR) is 125 cm³/mol. The standard InChI is InChI=1S/C27H30O5/c1-29-24-14-20(6-5-19-9-11-23(12-10-19)27(28)32-4)13-21(15-24)7-8-22-16-25(30-2)18-26(17-22)31-3/h9-18H,5-8H2,1-4H3. The van der Waals surface area contributed by atoms with Gasteiger partial charge in [-0.3, -0.25) is 0 Å². The molecule has 0 spiro atoms. The largest absolute Gasteiger partial charge is 0.497 e. The Morgan fingerprint density at radius 1 is 0.562 bits per heavy atom. The van der Waals surface area contributed by atoms with E-state index < -0.39 is 0 Å². The molecule has 0 fully saturated rings. The number of hydrogen-bond acceptors (Lipinski definition) is 5. The van der Waals surface area contributed by atoms with E-state index in [-0.39, 0.29) is 5.97 Å². The van der Waals surface area contributed by atoms with Crippen LogP contribution in [0.3, 0.4) is 0 Å². The van der Waals surface area contributed by atoms with E-state index in [0.29, 0.717) is 5.56 Å². The quantitative estimate of drug-likeness (QED) is 0.417. The SMILES string of the molecule is COC(=O)c1ccc(CCc2cc(CCc3cc(OC)cc(OC)c3)cc(OC)c2)cc1. The summed E-state index contributed by atoms with van der Waals surface area (Å²) in [5, 5.41) is 0. The number of carbonyl (C=O) groups excluding carboxylic acids is 1. The van der Waals surface area contributed by atoms with Gasteiger partial charge in [0.2, 0.25) is 0 Å². The van der Waals surface area contributed by atoms with Crippen molar-refractivity contribution in [1.29, 1.82) is 0 Å². The fourth-order valence-electron chi connectivity index (χ4n) is 3.65. The van der Waals surface area contributed by atoms with Crippen LogP contribution in [0.1, 0.15) is 32.6 Å². The Morgan fingerprint density at radius 2 is 0.969 bits per heavy atom. The molecule has 0 atom stereocenters. The number of carbonyl (C=O) groups is 1. The van der Waals surface area contributed by atoms with Crippen molar-refractivity contribution in [2.75, 3.05) is 28.4 Å². The molecule has 0 N–H and O–H groups in total. The molecule has 3 aromatic carbocycles. The zero-order chi connectivity index (χ0) is 22.9. The van der Waals surface area contributed by atoms with Crippen molar-refractivity contribution >= 4 is 5.97 Å². The summed E-state index contributed by atoms with van der Waals surface area (Å²) in [7, 11) is 6.41. The molecule has 3 aromatic rings. The van der Waals surface area contributed by atoms with Crippen LogP contribution in [0.2, 0.25) is 0 Å². The maximum absolute atomic E-state index is 11.6. The van der Waals surface area contributed by atoms with Crippen LogP contribution in [0, 0.1) is 0 Å². The van der Waals surface area contributed by atoms with E-state index in [9.17, 15) is 4.79 Å². The number of rotatable bonds is 10. The van der Waals surface area contributed by atoms with Crippen LogP contribution in [0.25, 0.3) is 0 Å². The molecular formula is C27H30O5. The molecule has 32 heavy (non-hydrogen) atoms. The van der Waals surface area contributed by atoms with Crippen LogP contribution in [0.5, 0.6) is 17.2 Å². The molecule has 0 heterocycles. The lowest BCUT2D eigenvalue weighted by Crippen LogP contribution is -2.01. The Labute approximate surface area is 189 Å². The Hall–Kier alpha value is -3.47. The second kappa shape index (κ2) is 11.2. The van der Waals surface area contributed by atoms with Crippen LogP contribution in [0.4, 0.5) is 0 Å². The Kier molecular flexibility index (Phi) is 8.14. The summed E-state index contributed by atoms with van der Waals surface area (Å²) < 4.78 is 21.1. The molecule has 0 unspecified atom stereocenters. The van der Waals surface area contributed by atoms with Gasteiger partial charge in [0.25, 0.3) is 0 Å². The summed E-state index contributed by atoms with van der Waals surface area (Å²) in [6, 6.07) is 19.9. The van der Waals surface area contributed by atoms with E-state index in [1.807, 2.05) is 30.3 Å². The maximum atomic E-state index is 11.6. The molecule has 3 rings (SSSR count). The van der Waals surface area contributed by atoms with Crippen LogP contribution in [-0.2, 0) is 30.4 Å². The number of methoxy groups -OCH3 is 4. The normalized spacial score (nSPS) is 10.5. The third-order valence-corrected chi connectivity index (χ3v) is 5.45. The van der Waals surface area contributed by atoms with Gasteiger partial charge in [-0.25, -0.2) is 4.79 Å². The van der Waals surface area contributed by atoms with E-state index in [0.717, 1.165) is 48.5 Å². The fraction of sp³-hybridized carbons (Fsp3) is 0.296. The first-order valence-corrected chi connectivity index (χ1v) is 10.6. The van der Waals surface area contributed by atoms with Gasteiger partial charge in [-0.1, -0.05) is 18.2 Å². The minimum atomic E-state index is -0.317. The average Bonchev–Trinajstić information content (AvgIpc) is 2.85. The summed E-state index contributed by atoms with van der Waals surface area (Å²) in [5.74, 6) is 2.14. The van der Waals surface area contributed by atoms with Gasteiger partial charge in [0, 0.05) is 6.07 Å². The zero-order valence-electron chi connectivity index (χ0n) is 19.1. The minimum absolute atomic E-state index is 0.317. The molecule has 0 saturated heterocycles. The first-order chi connectivity index (χ1) is 15.5. The molecule has 0 bridgehead atoms. The smallest absolute Gasteiger partial charge is 0.337 e. The molecule has 5 nitrogen and oxygen atoms in total. The summed E-state index contributed by atoms with van der Waals surface area (Å²) in [6.07, 6.45) is 3.51. The summed E-state index contributed by atoms with van der Waals surface area (Å²) in [4.78, 5) is 11.6. The van der Waals surface area contributed by atoms with Gasteiger partial charge in [0.1, 0.15) is 17.2 Å². The van der Waals surface area contributed by atoms with Crippen molar-refractivity contribution in [3.05, 3.63) is 88.5 Å². The topological polar surface area (TPSA) is 54.0 Å². The van der Waals surface area contributed by atoms with Gasteiger partial charge in [0.05, 0.1) is 34.0 Å². The molecule has 168 valence electrons. The van der Waals surface area contributed by atoms with Crippen molar-refractivity contribution in [3.63, 3.8) is 0 Å². The molecular weight excluding hydrogens is 404 g/mol. The molecule has 0 aliphatic carbocycles. The van der Waals surface area contributed by atoms with Crippen molar-refractivity contribution < 1.29 is 23.7 Å². The van der Waals surface area contributed by atoms with E-state index >= 15 is 0 Å². The van der Waals surface area contributed by atoms with E-state index in [1.54, 1.807) is 33.5 Å². The van der Waals surface area contributed by atoms with Crippen LogP contribution in [-0.4, -0.2) is 34.4 Å². The van der Waals surface area contributed by atoms with Crippen molar-refractivity contribution in [2.24, 2.45) is 0 Å². The molecule has 0 amide bonds. The second-order valence-corrected chi connectivity index (χ2v) is 7.60.